The third kappa shape index (κ3) is 2.90. The Kier molecular flexibility index (Phi) is 4.01. The Bertz CT molecular complexity index is 792. The molecule has 4 rings (SSSR count). The zero-order chi connectivity index (χ0) is 16.4. The van der Waals surface area contributed by atoms with Gasteiger partial charge in [0.1, 0.15) is 5.75 Å². The number of H-pyrrole nitrogens is 1. The molecule has 5 nitrogen and oxygen atoms in total. The van der Waals surface area contributed by atoms with Gasteiger partial charge in [-0.2, -0.15) is 5.10 Å². The standard InChI is InChI=1S/C19H20N4O/c1-24-17-7-5-14(6-8-17)19-15(10-21-22-19)11-23-12-16(13-23)18-4-2-3-9-20-18/h2-10,16H,11-13H2,1H3,(H,21,22). The third-order valence-corrected chi connectivity index (χ3v) is 4.55. The Hall–Kier alpha value is -2.66. The number of likely N-dealkylation sites (tertiary alicyclic amines) is 1. The highest BCUT2D eigenvalue weighted by Crippen LogP contribution is 2.30. The number of ether oxygens (including phenoxy) is 1. The average molecular weight is 320 g/mol. The molecule has 0 spiro atoms. The van der Waals surface area contributed by atoms with Crippen molar-refractivity contribution in [3.8, 4) is 17.0 Å². The molecule has 2 aromatic heterocycles. The van der Waals surface area contributed by atoms with E-state index in [1.54, 1.807) is 7.11 Å². The van der Waals surface area contributed by atoms with Crippen LogP contribution in [0, 0.1) is 0 Å². The first-order valence-corrected chi connectivity index (χ1v) is 8.13. The van der Waals surface area contributed by atoms with Crippen LogP contribution in [0.15, 0.2) is 54.9 Å². The SMILES string of the molecule is COc1ccc(-c2[nH]ncc2CN2CC(c3ccccn3)C2)cc1. The van der Waals surface area contributed by atoms with Crippen LogP contribution in [0.25, 0.3) is 11.3 Å². The molecule has 0 bridgehead atoms. The minimum Gasteiger partial charge on any atom is -0.497 e. The number of aromatic nitrogens is 3. The van der Waals surface area contributed by atoms with E-state index in [-0.39, 0.29) is 0 Å². The highest BCUT2D eigenvalue weighted by Gasteiger charge is 2.29. The van der Waals surface area contributed by atoms with Crippen molar-refractivity contribution in [3.05, 3.63) is 66.1 Å². The number of hydrogen-bond donors (Lipinski definition) is 1. The van der Waals surface area contributed by atoms with Crippen molar-refractivity contribution in [1.29, 1.82) is 0 Å². The van der Waals surface area contributed by atoms with Crippen molar-refractivity contribution >= 4 is 0 Å². The minimum absolute atomic E-state index is 0.544. The Morgan fingerprint density at radius 3 is 2.71 bits per heavy atom. The molecule has 122 valence electrons. The van der Waals surface area contributed by atoms with Crippen molar-refractivity contribution < 1.29 is 4.74 Å². The van der Waals surface area contributed by atoms with Gasteiger partial charge < -0.3 is 4.74 Å². The summed E-state index contributed by atoms with van der Waals surface area (Å²) in [4.78, 5) is 6.88. The van der Waals surface area contributed by atoms with Crippen molar-refractivity contribution in [1.82, 2.24) is 20.1 Å². The second-order valence-corrected chi connectivity index (χ2v) is 6.14. The van der Waals surface area contributed by atoms with Gasteiger partial charge in [0.05, 0.1) is 19.0 Å². The lowest BCUT2D eigenvalue weighted by Crippen LogP contribution is -2.44. The van der Waals surface area contributed by atoms with E-state index in [0.29, 0.717) is 5.92 Å². The summed E-state index contributed by atoms with van der Waals surface area (Å²) < 4.78 is 5.22. The Morgan fingerprint density at radius 1 is 1.17 bits per heavy atom. The van der Waals surface area contributed by atoms with E-state index in [9.17, 15) is 0 Å². The van der Waals surface area contributed by atoms with Gasteiger partial charge in [-0.25, -0.2) is 0 Å². The molecule has 1 N–H and O–H groups in total. The number of nitrogens with one attached hydrogen (secondary N) is 1. The normalized spacial score (nSPS) is 15.2. The zero-order valence-corrected chi connectivity index (χ0v) is 13.6. The highest BCUT2D eigenvalue weighted by molar-refractivity contribution is 5.63. The van der Waals surface area contributed by atoms with Crippen LogP contribution in [0.4, 0.5) is 0 Å². The number of pyridine rings is 1. The summed E-state index contributed by atoms with van der Waals surface area (Å²) in [5.74, 6) is 1.41. The number of benzene rings is 1. The lowest BCUT2D eigenvalue weighted by atomic mass is 9.95. The lowest BCUT2D eigenvalue weighted by molar-refractivity contribution is 0.137. The van der Waals surface area contributed by atoms with E-state index in [4.69, 9.17) is 4.74 Å². The summed E-state index contributed by atoms with van der Waals surface area (Å²) in [7, 11) is 1.68. The Morgan fingerprint density at radius 2 is 2.00 bits per heavy atom. The topological polar surface area (TPSA) is 54.0 Å². The highest BCUT2D eigenvalue weighted by atomic mass is 16.5. The van der Waals surface area contributed by atoms with Gasteiger partial charge in [-0.05, 0) is 36.4 Å². The number of methoxy groups -OCH3 is 1. The van der Waals surface area contributed by atoms with Crippen LogP contribution in [0.2, 0.25) is 0 Å². The van der Waals surface area contributed by atoms with Crippen LogP contribution < -0.4 is 4.74 Å². The van der Waals surface area contributed by atoms with Crippen molar-refractivity contribution in [2.75, 3.05) is 20.2 Å². The van der Waals surface area contributed by atoms with Gasteiger partial charge in [0.15, 0.2) is 0 Å². The Balaban J connectivity index is 1.43. The maximum Gasteiger partial charge on any atom is 0.118 e. The van der Waals surface area contributed by atoms with Crippen molar-refractivity contribution in [2.24, 2.45) is 0 Å². The summed E-state index contributed by atoms with van der Waals surface area (Å²) in [5.41, 5.74) is 4.62. The molecular formula is C19H20N4O. The van der Waals surface area contributed by atoms with E-state index in [1.165, 1.54) is 11.3 Å². The maximum atomic E-state index is 5.22. The molecule has 24 heavy (non-hydrogen) atoms. The molecule has 0 amide bonds. The van der Waals surface area contributed by atoms with E-state index in [2.05, 4.69) is 44.3 Å². The fourth-order valence-electron chi connectivity index (χ4n) is 3.18. The summed E-state index contributed by atoms with van der Waals surface area (Å²) in [5, 5.41) is 7.36. The fraction of sp³-hybridized carbons (Fsp3) is 0.263. The van der Waals surface area contributed by atoms with Gasteiger partial charge in [-0.1, -0.05) is 6.07 Å². The first kappa shape index (κ1) is 14.9. The Labute approximate surface area is 141 Å². The molecule has 1 saturated heterocycles. The van der Waals surface area contributed by atoms with Crippen LogP contribution in [0.1, 0.15) is 17.2 Å². The largest absolute Gasteiger partial charge is 0.497 e. The smallest absolute Gasteiger partial charge is 0.118 e. The molecule has 1 fully saturated rings. The molecule has 1 aliphatic heterocycles. The van der Waals surface area contributed by atoms with Crippen LogP contribution in [-0.2, 0) is 6.54 Å². The molecule has 1 aliphatic rings. The molecular weight excluding hydrogens is 300 g/mol. The zero-order valence-electron chi connectivity index (χ0n) is 13.6. The lowest BCUT2D eigenvalue weighted by Gasteiger charge is -2.38. The van der Waals surface area contributed by atoms with Crippen molar-refractivity contribution in [2.45, 2.75) is 12.5 Å². The van der Waals surface area contributed by atoms with Crippen molar-refractivity contribution in [3.63, 3.8) is 0 Å². The second kappa shape index (κ2) is 6.45. The number of rotatable bonds is 5. The number of aromatic amines is 1. The summed E-state index contributed by atoms with van der Waals surface area (Å²) in [6.07, 6.45) is 3.80. The quantitative estimate of drug-likeness (QED) is 0.785. The first-order chi connectivity index (χ1) is 11.8. The first-order valence-electron chi connectivity index (χ1n) is 8.13. The summed E-state index contributed by atoms with van der Waals surface area (Å²) in [6.45, 7) is 3.00. The molecule has 0 aliphatic carbocycles. The predicted molar refractivity (Wildman–Crippen MR) is 92.8 cm³/mol. The van der Waals surface area contributed by atoms with Gasteiger partial charge in [0.2, 0.25) is 0 Å². The van der Waals surface area contributed by atoms with Gasteiger partial charge in [-0.15, -0.1) is 0 Å². The number of hydrogen-bond acceptors (Lipinski definition) is 4. The van der Waals surface area contributed by atoms with Crippen LogP contribution in [-0.4, -0.2) is 40.3 Å². The summed E-state index contributed by atoms with van der Waals surface area (Å²) in [6, 6.07) is 14.2. The van der Waals surface area contributed by atoms with E-state index in [0.717, 1.165) is 36.6 Å². The number of nitrogens with zero attached hydrogens (tertiary/aromatic N) is 3. The van der Waals surface area contributed by atoms with Gasteiger partial charge in [0.25, 0.3) is 0 Å². The van der Waals surface area contributed by atoms with E-state index < -0.39 is 0 Å². The third-order valence-electron chi connectivity index (χ3n) is 4.55. The molecule has 1 aromatic carbocycles. The molecule has 5 heteroatoms. The molecule has 0 unspecified atom stereocenters. The van der Waals surface area contributed by atoms with Gasteiger partial charge in [0, 0.05) is 48.6 Å². The van der Waals surface area contributed by atoms with E-state index in [1.807, 2.05) is 30.6 Å². The maximum absolute atomic E-state index is 5.22. The molecule has 0 saturated carbocycles. The van der Waals surface area contributed by atoms with Crippen LogP contribution in [0.3, 0.4) is 0 Å². The van der Waals surface area contributed by atoms with Crippen LogP contribution in [0.5, 0.6) is 5.75 Å². The summed E-state index contributed by atoms with van der Waals surface area (Å²) >= 11 is 0. The van der Waals surface area contributed by atoms with Crippen LogP contribution >= 0.6 is 0 Å². The monoisotopic (exact) mass is 320 g/mol. The van der Waals surface area contributed by atoms with Gasteiger partial charge in [-0.3, -0.25) is 15.0 Å². The minimum atomic E-state index is 0.544. The molecule has 3 aromatic rings. The fourth-order valence-corrected chi connectivity index (χ4v) is 3.18. The predicted octanol–water partition coefficient (Wildman–Crippen LogP) is 3.08. The molecule has 3 heterocycles. The average Bonchev–Trinajstić information content (AvgIpc) is 3.07. The second-order valence-electron chi connectivity index (χ2n) is 6.14. The van der Waals surface area contributed by atoms with E-state index >= 15 is 0 Å². The molecule has 0 atom stereocenters. The molecule has 0 radical (unpaired) electrons. The van der Waals surface area contributed by atoms with Gasteiger partial charge >= 0.3 is 0 Å².